The van der Waals surface area contributed by atoms with Gasteiger partial charge >= 0.3 is 0 Å². The van der Waals surface area contributed by atoms with Gasteiger partial charge in [0.1, 0.15) is 11.6 Å². The first-order valence-electron chi connectivity index (χ1n) is 9.75. The van der Waals surface area contributed by atoms with Crippen LogP contribution >= 0.6 is 0 Å². The molecule has 0 aliphatic carbocycles. The van der Waals surface area contributed by atoms with Crippen LogP contribution in [0.4, 0.5) is 5.69 Å². The lowest BCUT2D eigenvalue weighted by Gasteiger charge is -2.06. The highest BCUT2D eigenvalue weighted by Gasteiger charge is 2.13. The van der Waals surface area contributed by atoms with Crippen molar-refractivity contribution in [2.45, 2.75) is 13.5 Å². The minimum Gasteiger partial charge on any atom is -0.342 e. The molecule has 0 saturated heterocycles. The minimum absolute atomic E-state index is 0.0668. The molecule has 4 aromatic rings. The van der Waals surface area contributed by atoms with Crippen LogP contribution in [0.15, 0.2) is 90.6 Å². The van der Waals surface area contributed by atoms with Crippen LogP contribution in [0.1, 0.15) is 16.7 Å². The smallest absolute Gasteiger partial charge is 0.266 e. The highest BCUT2D eigenvalue weighted by atomic mass is 16.1. The summed E-state index contributed by atoms with van der Waals surface area (Å²) >= 11 is 0. The number of carbonyl (C=O) groups is 1. The number of aryl methyl sites for hydroxylation is 1. The van der Waals surface area contributed by atoms with Crippen molar-refractivity contribution in [2.24, 2.45) is 0 Å². The van der Waals surface area contributed by atoms with Crippen molar-refractivity contribution < 1.29 is 4.79 Å². The first-order chi connectivity index (χ1) is 14.6. The summed E-state index contributed by atoms with van der Waals surface area (Å²) in [7, 11) is 0. The number of rotatable bonds is 5. The van der Waals surface area contributed by atoms with Crippen molar-refractivity contribution in [1.82, 2.24) is 4.57 Å². The summed E-state index contributed by atoms with van der Waals surface area (Å²) in [5, 5.41) is 13.4. The molecule has 4 rings (SSSR count). The van der Waals surface area contributed by atoms with E-state index in [2.05, 4.69) is 47.1 Å². The van der Waals surface area contributed by atoms with Crippen LogP contribution < -0.4 is 5.32 Å². The summed E-state index contributed by atoms with van der Waals surface area (Å²) < 4.78 is 2.15. The Bertz CT molecular complexity index is 1260. The molecule has 0 aliphatic rings. The number of amides is 1. The Hall–Kier alpha value is -4.10. The van der Waals surface area contributed by atoms with E-state index in [9.17, 15) is 10.1 Å². The maximum Gasteiger partial charge on any atom is 0.266 e. The van der Waals surface area contributed by atoms with E-state index in [0.29, 0.717) is 12.2 Å². The molecular weight excluding hydrogens is 370 g/mol. The average molecular weight is 391 g/mol. The fourth-order valence-corrected chi connectivity index (χ4v) is 3.44. The van der Waals surface area contributed by atoms with E-state index >= 15 is 0 Å². The Morgan fingerprint density at radius 2 is 1.70 bits per heavy atom. The highest BCUT2D eigenvalue weighted by molar-refractivity contribution is 6.10. The van der Waals surface area contributed by atoms with E-state index in [1.807, 2.05) is 48.7 Å². The van der Waals surface area contributed by atoms with Crippen molar-refractivity contribution in [3.05, 3.63) is 107 Å². The monoisotopic (exact) mass is 391 g/mol. The lowest BCUT2D eigenvalue weighted by Crippen LogP contribution is -2.13. The van der Waals surface area contributed by atoms with E-state index in [1.54, 1.807) is 18.2 Å². The van der Waals surface area contributed by atoms with E-state index in [4.69, 9.17) is 0 Å². The van der Waals surface area contributed by atoms with Crippen LogP contribution in [0.3, 0.4) is 0 Å². The van der Waals surface area contributed by atoms with Gasteiger partial charge in [0.15, 0.2) is 0 Å². The second-order valence-electron chi connectivity index (χ2n) is 7.21. The van der Waals surface area contributed by atoms with Crippen molar-refractivity contribution in [3.8, 4) is 6.07 Å². The van der Waals surface area contributed by atoms with Gasteiger partial charge in [0.25, 0.3) is 5.91 Å². The van der Waals surface area contributed by atoms with Gasteiger partial charge in [-0.15, -0.1) is 0 Å². The summed E-state index contributed by atoms with van der Waals surface area (Å²) in [6.07, 6.45) is 3.66. The lowest BCUT2D eigenvalue weighted by atomic mass is 10.1. The van der Waals surface area contributed by atoms with Crippen molar-refractivity contribution in [1.29, 1.82) is 5.26 Å². The predicted octanol–water partition coefficient (Wildman–Crippen LogP) is 5.54. The van der Waals surface area contributed by atoms with Gasteiger partial charge < -0.3 is 9.88 Å². The number of hydrogen-bond donors (Lipinski definition) is 1. The Labute approximate surface area is 175 Å². The van der Waals surface area contributed by atoms with Crippen molar-refractivity contribution in [2.75, 3.05) is 5.32 Å². The molecule has 0 aliphatic heterocycles. The van der Waals surface area contributed by atoms with Crippen molar-refractivity contribution in [3.63, 3.8) is 0 Å². The quantitative estimate of drug-likeness (QED) is 0.358. The van der Waals surface area contributed by atoms with E-state index in [0.717, 1.165) is 16.5 Å². The molecule has 1 aromatic heterocycles. The standard InChI is InChI=1S/C26H21N3O/c1-19-11-13-20(14-12-19)17-29-18-22(24-9-5-6-10-25(24)29)15-21(16-27)26(30)28-23-7-3-2-4-8-23/h2-15,18H,17H2,1H3,(H,28,30)/b21-15-. The van der Waals surface area contributed by atoms with Gasteiger partial charge in [-0.05, 0) is 36.8 Å². The molecule has 30 heavy (non-hydrogen) atoms. The number of aromatic nitrogens is 1. The topological polar surface area (TPSA) is 57.8 Å². The van der Waals surface area contributed by atoms with Crippen LogP contribution in [0.2, 0.25) is 0 Å². The maximum atomic E-state index is 12.6. The summed E-state index contributed by atoms with van der Waals surface area (Å²) in [5.74, 6) is -0.418. The normalized spacial score (nSPS) is 11.3. The van der Waals surface area contributed by atoms with Gasteiger partial charge in [0.2, 0.25) is 0 Å². The zero-order valence-corrected chi connectivity index (χ0v) is 16.7. The fraction of sp³-hybridized carbons (Fsp3) is 0.0769. The largest absolute Gasteiger partial charge is 0.342 e. The summed E-state index contributed by atoms with van der Waals surface area (Å²) in [5.41, 5.74) is 5.05. The molecule has 1 N–H and O–H groups in total. The molecule has 146 valence electrons. The predicted molar refractivity (Wildman–Crippen MR) is 121 cm³/mol. The highest BCUT2D eigenvalue weighted by Crippen LogP contribution is 2.25. The SMILES string of the molecule is Cc1ccc(Cn2cc(/C=C(/C#N)C(=O)Nc3ccccc3)c3ccccc32)cc1. The minimum atomic E-state index is -0.418. The fourth-order valence-electron chi connectivity index (χ4n) is 3.44. The molecule has 4 heteroatoms. The first-order valence-corrected chi connectivity index (χ1v) is 9.75. The Morgan fingerprint density at radius 1 is 1.00 bits per heavy atom. The summed E-state index contributed by atoms with van der Waals surface area (Å²) in [6, 6.07) is 27.6. The molecule has 1 heterocycles. The summed E-state index contributed by atoms with van der Waals surface area (Å²) in [6.45, 7) is 2.79. The maximum absolute atomic E-state index is 12.6. The molecule has 0 bridgehead atoms. The zero-order chi connectivity index (χ0) is 20.9. The molecule has 3 aromatic carbocycles. The van der Waals surface area contributed by atoms with Gasteiger partial charge in [0, 0.05) is 34.9 Å². The third-order valence-electron chi connectivity index (χ3n) is 4.99. The van der Waals surface area contributed by atoms with E-state index in [1.165, 1.54) is 11.1 Å². The molecule has 0 atom stereocenters. The Balaban J connectivity index is 1.68. The van der Waals surface area contributed by atoms with Crippen LogP contribution in [0.5, 0.6) is 0 Å². The summed E-state index contributed by atoms with van der Waals surface area (Å²) in [4.78, 5) is 12.6. The van der Waals surface area contributed by atoms with Crippen LogP contribution in [0, 0.1) is 18.3 Å². The molecule has 0 saturated carbocycles. The molecule has 1 amide bonds. The van der Waals surface area contributed by atoms with Gasteiger partial charge in [-0.25, -0.2) is 0 Å². The number of nitriles is 1. The number of anilines is 1. The average Bonchev–Trinajstić information content (AvgIpc) is 3.11. The second kappa shape index (κ2) is 8.50. The number of nitrogens with zero attached hydrogens (tertiary/aromatic N) is 2. The van der Waals surface area contributed by atoms with Gasteiger partial charge in [-0.3, -0.25) is 4.79 Å². The van der Waals surface area contributed by atoms with E-state index < -0.39 is 5.91 Å². The number of benzene rings is 3. The van der Waals surface area contributed by atoms with Gasteiger partial charge in [-0.2, -0.15) is 5.26 Å². The first kappa shape index (κ1) is 19.2. The molecule has 0 radical (unpaired) electrons. The zero-order valence-electron chi connectivity index (χ0n) is 16.7. The number of nitrogens with one attached hydrogen (secondary N) is 1. The number of para-hydroxylation sites is 2. The number of hydrogen-bond acceptors (Lipinski definition) is 2. The molecule has 0 spiro atoms. The Kier molecular flexibility index (Phi) is 5.45. The third kappa shape index (κ3) is 4.16. The van der Waals surface area contributed by atoms with Gasteiger partial charge in [-0.1, -0.05) is 66.2 Å². The van der Waals surface area contributed by atoms with Crippen LogP contribution in [-0.4, -0.2) is 10.5 Å². The molecule has 4 nitrogen and oxygen atoms in total. The molecule has 0 fully saturated rings. The van der Waals surface area contributed by atoms with E-state index in [-0.39, 0.29) is 5.57 Å². The Morgan fingerprint density at radius 3 is 2.43 bits per heavy atom. The molecule has 0 unspecified atom stereocenters. The van der Waals surface area contributed by atoms with Crippen LogP contribution in [-0.2, 0) is 11.3 Å². The van der Waals surface area contributed by atoms with Crippen molar-refractivity contribution >= 4 is 28.6 Å². The molecular formula is C26H21N3O. The number of fused-ring (bicyclic) bond motifs is 1. The lowest BCUT2D eigenvalue weighted by molar-refractivity contribution is -0.112. The van der Waals surface area contributed by atoms with Gasteiger partial charge in [0.05, 0.1) is 0 Å². The van der Waals surface area contributed by atoms with Crippen LogP contribution in [0.25, 0.3) is 17.0 Å². The second-order valence-corrected chi connectivity index (χ2v) is 7.21. The number of carbonyl (C=O) groups excluding carboxylic acids is 1. The third-order valence-corrected chi connectivity index (χ3v) is 4.99.